The summed E-state index contributed by atoms with van der Waals surface area (Å²) in [5, 5.41) is 9.65. The first-order chi connectivity index (χ1) is 7.81. The van der Waals surface area contributed by atoms with E-state index in [2.05, 4.69) is 9.97 Å². The first kappa shape index (κ1) is 10.4. The van der Waals surface area contributed by atoms with E-state index in [0.717, 1.165) is 5.56 Å². The molecule has 4 nitrogen and oxygen atoms in total. The Bertz CT molecular complexity index is 486. The summed E-state index contributed by atoms with van der Waals surface area (Å²) in [6.07, 6.45) is 4.90. The highest BCUT2D eigenvalue weighted by Gasteiger charge is 2.06. The van der Waals surface area contributed by atoms with Crippen molar-refractivity contribution >= 4 is 0 Å². The topological polar surface area (TPSA) is 55.2 Å². The molecule has 2 aromatic rings. The second-order valence-electron chi connectivity index (χ2n) is 3.21. The van der Waals surface area contributed by atoms with E-state index in [1.165, 1.54) is 0 Å². The van der Waals surface area contributed by atoms with E-state index in [0.29, 0.717) is 18.1 Å². The van der Waals surface area contributed by atoms with Crippen LogP contribution in [0.5, 0.6) is 11.5 Å². The quantitative estimate of drug-likeness (QED) is 0.854. The molecule has 2 aromatic heterocycles. The van der Waals surface area contributed by atoms with Gasteiger partial charge in [-0.2, -0.15) is 0 Å². The summed E-state index contributed by atoms with van der Waals surface area (Å²) in [6.45, 7) is 2.49. The van der Waals surface area contributed by atoms with Crippen LogP contribution in [0.15, 0.2) is 36.8 Å². The van der Waals surface area contributed by atoms with Crippen molar-refractivity contribution in [3.8, 4) is 22.8 Å². The Labute approximate surface area is 93.6 Å². The van der Waals surface area contributed by atoms with E-state index in [1.807, 2.05) is 6.92 Å². The maximum absolute atomic E-state index is 9.65. The van der Waals surface area contributed by atoms with Crippen LogP contribution in [0, 0.1) is 0 Å². The predicted octanol–water partition coefficient (Wildman–Crippen LogP) is 2.25. The molecule has 0 fully saturated rings. The fourth-order valence-electron chi connectivity index (χ4n) is 1.41. The van der Waals surface area contributed by atoms with Gasteiger partial charge >= 0.3 is 0 Å². The number of hydrogen-bond acceptors (Lipinski definition) is 4. The third-order valence-corrected chi connectivity index (χ3v) is 2.08. The van der Waals surface area contributed by atoms with Crippen LogP contribution in [0.2, 0.25) is 0 Å². The number of ether oxygens (including phenoxy) is 1. The van der Waals surface area contributed by atoms with Crippen LogP contribution in [0.4, 0.5) is 0 Å². The molecule has 0 aromatic carbocycles. The van der Waals surface area contributed by atoms with Crippen LogP contribution in [0.25, 0.3) is 11.3 Å². The van der Waals surface area contributed by atoms with E-state index in [1.54, 1.807) is 36.8 Å². The van der Waals surface area contributed by atoms with Crippen LogP contribution in [-0.4, -0.2) is 21.7 Å². The number of rotatable bonds is 3. The standard InChI is InChI=1S/C12H12N2O2/c1-2-16-10-6-9(7-13-8-10)12-11(15)4-3-5-14-12/h3-8,15H,2H2,1H3. The van der Waals surface area contributed by atoms with Gasteiger partial charge in [0.1, 0.15) is 17.2 Å². The monoisotopic (exact) mass is 216 g/mol. The Morgan fingerprint density at radius 1 is 1.38 bits per heavy atom. The number of aromatic nitrogens is 2. The molecule has 2 heterocycles. The van der Waals surface area contributed by atoms with Gasteiger partial charge in [0.05, 0.1) is 12.8 Å². The smallest absolute Gasteiger partial charge is 0.141 e. The highest BCUT2D eigenvalue weighted by molar-refractivity contribution is 5.65. The molecule has 0 aliphatic heterocycles. The minimum Gasteiger partial charge on any atom is -0.506 e. The molecule has 1 N–H and O–H groups in total. The largest absolute Gasteiger partial charge is 0.506 e. The fourth-order valence-corrected chi connectivity index (χ4v) is 1.41. The van der Waals surface area contributed by atoms with Gasteiger partial charge in [0, 0.05) is 18.0 Å². The molecule has 0 aliphatic carbocycles. The van der Waals surface area contributed by atoms with Gasteiger partial charge in [0.2, 0.25) is 0 Å². The molecular weight excluding hydrogens is 204 g/mol. The predicted molar refractivity (Wildman–Crippen MR) is 60.3 cm³/mol. The Kier molecular flexibility index (Phi) is 3.00. The van der Waals surface area contributed by atoms with Crippen molar-refractivity contribution in [3.05, 3.63) is 36.8 Å². The van der Waals surface area contributed by atoms with E-state index in [-0.39, 0.29) is 5.75 Å². The third-order valence-electron chi connectivity index (χ3n) is 2.08. The van der Waals surface area contributed by atoms with Crippen LogP contribution >= 0.6 is 0 Å². The van der Waals surface area contributed by atoms with Gasteiger partial charge < -0.3 is 9.84 Å². The zero-order chi connectivity index (χ0) is 11.4. The SMILES string of the molecule is CCOc1cncc(-c2ncccc2O)c1. The van der Waals surface area contributed by atoms with Gasteiger partial charge in [-0.25, -0.2) is 0 Å². The normalized spacial score (nSPS) is 10.1. The zero-order valence-corrected chi connectivity index (χ0v) is 8.92. The minimum absolute atomic E-state index is 0.137. The van der Waals surface area contributed by atoms with Gasteiger partial charge in [0.15, 0.2) is 0 Å². The van der Waals surface area contributed by atoms with Crippen molar-refractivity contribution in [1.82, 2.24) is 9.97 Å². The molecule has 0 aliphatic rings. The Morgan fingerprint density at radius 3 is 3.00 bits per heavy atom. The molecule has 2 rings (SSSR count). The lowest BCUT2D eigenvalue weighted by Gasteiger charge is -2.05. The van der Waals surface area contributed by atoms with Crippen molar-refractivity contribution in [3.63, 3.8) is 0 Å². The lowest BCUT2D eigenvalue weighted by atomic mass is 10.2. The van der Waals surface area contributed by atoms with Crippen LogP contribution < -0.4 is 4.74 Å². The molecule has 0 saturated heterocycles. The van der Waals surface area contributed by atoms with Crippen molar-refractivity contribution in [2.45, 2.75) is 6.92 Å². The number of aromatic hydroxyl groups is 1. The average Bonchev–Trinajstić information content (AvgIpc) is 2.30. The van der Waals surface area contributed by atoms with Crippen molar-refractivity contribution < 1.29 is 9.84 Å². The van der Waals surface area contributed by atoms with Crippen molar-refractivity contribution in [2.24, 2.45) is 0 Å². The molecule has 0 saturated carbocycles. The summed E-state index contributed by atoms with van der Waals surface area (Å²) < 4.78 is 5.34. The summed E-state index contributed by atoms with van der Waals surface area (Å²) in [6, 6.07) is 5.08. The Hall–Kier alpha value is -2.10. The second kappa shape index (κ2) is 4.61. The molecule has 0 atom stereocenters. The van der Waals surface area contributed by atoms with Crippen molar-refractivity contribution in [1.29, 1.82) is 0 Å². The molecule has 16 heavy (non-hydrogen) atoms. The third kappa shape index (κ3) is 2.11. The molecule has 4 heteroatoms. The van der Waals surface area contributed by atoms with E-state index < -0.39 is 0 Å². The van der Waals surface area contributed by atoms with Crippen molar-refractivity contribution in [2.75, 3.05) is 6.61 Å². The summed E-state index contributed by atoms with van der Waals surface area (Å²) >= 11 is 0. The maximum Gasteiger partial charge on any atom is 0.141 e. The zero-order valence-electron chi connectivity index (χ0n) is 8.92. The van der Waals surface area contributed by atoms with E-state index >= 15 is 0 Å². The second-order valence-corrected chi connectivity index (χ2v) is 3.21. The van der Waals surface area contributed by atoms with Gasteiger partial charge in [-0.3, -0.25) is 9.97 Å². The van der Waals surface area contributed by atoms with E-state index in [4.69, 9.17) is 4.74 Å². The summed E-state index contributed by atoms with van der Waals surface area (Å²) in [5.74, 6) is 0.808. The van der Waals surface area contributed by atoms with Gasteiger partial charge in [-0.1, -0.05) is 0 Å². The maximum atomic E-state index is 9.65. The highest BCUT2D eigenvalue weighted by Crippen LogP contribution is 2.27. The summed E-state index contributed by atoms with van der Waals surface area (Å²) in [7, 11) is 0. The average molecular weight is 216 g/mol. The molecule has 82 valence electrons. The number of hydrogen-bond donors (Lipinski definition) is 1. The van der Waals surface area contributed by atoms with Crippen LogP contribution in [0.3, 0.4) is 0 Å². The molecule has 0 bridgehead atoms. The highest BCUT2D eigenvalue weighted by atomic mass is 16.5. The minimum atomic E-state index is 0.137. The van der Waals surface area contributed by atoms with Crippen LogP contribution in [0.1, 0.15) is 6.92 Å². The molecule has 0 spiro atoms. The van der Waals surface area contributed by atoms with Crippen LogP contribution in [-0.2, 0) is 0 Å². The lowest BCUT2D eigenvalue weighted by molar-refractivity contribution is 0.339. The summed E-state index contributed by atoms with van der Waals surface area (Å²) in [5.41, 5.74) is 1.25. The molecular formula is C12H12N2O2. The lowest BCUT2D eigenvalue weighted by Crippen LogP contribution is -1.93. The fraction of sp³-hybridized carbons (Fsp3) is 0.167. The van der Waals surface area contributed by atoms with Gasteiger partial charge in [0.25, 0.3) is 0 Å². The number of nitrogens with zero attached hydrogens (tertiary/aromatic N) is 2. The summed E-state index contributed by atoms with van der Waals surface area (Å²) in [4.78, 5) is 8.15. The number of pyridine rings is 2. The van der Waals surface area contributed by atoms with E-state index in [9.17, 15) is 5.11 Å². The van der Waals surface area contributed by atoms with Gasteiger partial charge in [-0.15, -0.1) is 0 Å². The van der Waals surface area contributed by atoms with Gasteiger partial charge in [-0.05, 0) is 25.1 Å². The Balaban J connectivity index is 2.40. The molecule has 0 amide bonds. The Morgan fingerprint density at radius 2 is 2.25 bits per heavy atom. The first-order valence-corrected chi connectivity index (χ1v) is 5.03. The molecule has 0 radical (unpaired) electrons. The first-order valence-electron chi connectivity index (χ1n) is 5.03. The molecule has 0 unspecified atom stereocenters.